The fraction of sp³-hybridized carbons (Fsp3) is 0.353. The van der Waals surface area contributed by atoms with Crippen LogP contribution in [0, 0.1) is 11.6 Å². The van der Waals surface area contributed by atoms with Crippen LogP contribution in [0.25, 0.3) is 0 Å². The molecule has 0 aliphatic carbocycles. The zero-order valence-electron chi connectivity index (χ0n) is 13.8. The maximum absolute atomic E-state index is 13.7. The Morgan fingerprint density at radius 2 is 2.08 bits per heavy atom. The van der Waals surface area contributed by atoms with Crippen molar-refractivity contribution in [3.63, 3.8) is 0 Å². The third-order valence-electron chi connectivity index (χ3n) is 4.26. The lowest BCUT2D eigenvalue weighted by Crippen LogP contribution is -2.45. The van der Waals surface area contributed by atoms with Crippen molar-refractivity contribution in [2.24, 2.45) is 0 Å². The van der Waals surface area contributed by atoms with E-state index in [1.165, 1.54) is 4.31 Å². The van der Waals surface area contributed by atoms with Gasteiger partial charge in [-0.05, 0) is 36.4 Å². The molecule has 1 aliphatic rings. The van der Waals surface area contributed by atoms with E-state index in [2.05, 4.69) is 5.32 Å². The highest BCUT2D eigenvalue weighted by atomic mass is 32.2. The number of anilines is 1. The van der Waals surface area contributed by atoms with Gasteiger partial charge in [-0.15, -0.1) is 11.3 Å². The van der Waals surface area contributed by atoms with E-state index in [1.54, 1.807) is 17.5 Å². The number of nitrogens with one attached hydrogen (secondary N) is 1. The Hall–Kier alpha value is -1.84. The van der Waals surface area contributed by atoms with Crippen molar-refractivity contribution in [2.45, 2.75) is 35.9 Å². The monoisotopic (exact) mass is 400 g/mol. The lowest BCUT2D eigenvalue weighted by atomic mass is 10.0. The normalized spacial score (nSPS) is 18.6. The molecule has 0 radical (unpaired) electrons. The summed E-state index contributed by atoms with van der Waals surface area (Å²) in [5, 5.41) is 4.08. The molecule has 9 heteroatoms. The molecule has 1 aromatic carbocycles. The summed E-state index contributed by atoms with van der Waals surface area (Å²) in [6.45, 7) is 0.350. The Balaban J connectivity index is 1.73. The predicted molar refractivity (Wildman–Crippen MR) is 95.5 cm³/mol. The van der Waals surface area contributed by atoms with Crippen LogP contribution in [-0.2, 0) is 14.8 Å². The Labute approximate surface area is 154 Å². The molecule has 1 amide bonds. The van der Waals surface area contributed by atoms with Crippen LogP contribution >= 0.6 is 11.3 Å². The molecule has 1 aliphatic heterocycles. The van der Waals surface area contributed by atoms with Gasteiger partial charge in [0.15, 0.2) is 0 Å². The first-order chi connectivity index (χ1) is 12.4. The number of hydrogen-bond donors (Lipinski definition) is 1. The highest BCUT2D eigenvalue weighted by molar-refractivity contribution is 7.91. The summed E-state index contributed by atoms with van der Waals surface area (Å²) >= 11 is 1.14. The fourth-order valence-corrected chi connectivity index (χ4v) is 5.84. The molecular formula is C17H18F2N2O3S2. The van der Waals surface area contributed by atoms with Crippen LogP contribution in [0.5, 0.6) is 0 Å². The van der Waals surface area contributed by atoms with E-state index >= 15 is 0 Å². The molecule has 1 saturated heterocycles. The number of benzene rings is 1. The second-order valence-corrected chi connectivity index (χ2v) is 9.14. The van der Waals surface area contributed by atoms with Gasteiger partial charge in [0.2, 0.25) is 5.91 Å². The summed E-state index contributed by atoms with van der Waals surface area (Å²) in [7, 11) is -3.65. The van der Waals surface area contributed by atoms with E-state index in [0.29, 0.717) is 19.0 Å². The van der Waals surface area contributed by atoms with Gasteiger partial charge in [-0.3, -0.25) is 4.79 Å². The third-order valence-corrected chi connectivity index (χ3v) is 7.58. The minimum Gasteiger partial charge on any atom is -0.324 e. The van der Waals surface area contributed by atoms with Crippen molar-refractivity contribution in [1.82, 2.24) is 4.31 Å². The second-order valence-electron chi connectivity index (χ2n) is 6.07. The fourth-order valence-electron chi connectivity index (χ4n) is 3.03. The topological polar surface area (TPSA) is 66.5 Å². The molecule has 0 spiro atoms. The maximum Gasteiger partial charge on any atom is 0.252 e. The van der Waals surface area contributed by atoms with E-state index in [-0.39, 0.29) is 16.3 Å². The average Bonchev–Trinajstić information content (AvgIpc) is 3.13. The number of halogens is 2. The van der Waals surface area contributed by atoms with Crippen LogP contribution in [0.15, 0.2) is 39.9 Å². The molecule has 0 unspecified atom stereocenters. The molecule has 1 aromatic heterocycles. The summed E-state index contributed by atoms with van der Waals surface area (Å²) in [5.74, 6) is -2.11. The van der Waals surface area contributed by atoms with Gasteiger partial charge in [0, 0.05) is 25.1 Å². The van der Waals surface area contributed by atoms with E-state index in [9.17, 15) is 22.0 Å². The van der Waals surface area contributed by atoms with Crippen LogP contribution in [0.4, 0.5) is 14.5 Å². The van der Waals surface area contributed by atoms with E-state index < -0.39 is 33.6 Å². The molecule has 3 rings (SSSR count). The highest BCUT2D eigenvalue weighted by Crippen LogP contribution is 2.29. The van der Waals surface area contributed by atoms with Gasteiger partial charge in [-0.25, -0.2) is 17.2 Å². The Morgan fingerprint density at radius 3 is 2.77 bits per heavy atom. The zero-order valence-corrected chi connectivity index (χ0v) is 15.5. The van der Waals surface area contributed by atoms with Crippen molar-refractivity contribution in [3.8, 4) is 0 Å². The zero-order chi connectivity index (χ0) is 18.7. The van der Waals surface area contributed by atoms with Gasteiger partial charge in [0.1, 0.15) is 15.8 Å². The first kappa shape index (κ1) is 18.9. The number of carbonyl (C=O) groups excluding carboxylic acids is 1. The molecule has 2 aromatic rings. The number of rotatable bonds is 5. The lowest BCUT2D eigenvalue weighted by Gasteiger charge is -2.34. The molecule has 26 heavy (non-hydrogen) atoms. The minimum atomic E-state index is -3.65. The third kappa shape index (κ3) is 4.11. The maximum atomic E-state index is 13.7. The van der Waals surface area contributed by atoms with E-state index in [4.69, 9.17) is 0 Å². The molecule has 140 valence electrons. The van der Waals surface area contributed by atoms with Gasteiger partial charge in [-0.2, -0.15) is 4.31 Å². The quantitative estimate of drug-likeness (QED) is 0.834. The van der Waals surface area contributed by atoms with Gasteiger partial charge < -0.3 is 5.32 Å². The first-order valence-electron chi connectivity index (χ1n) is 8.18. The van der Waals surface area contributed by atoms with Crippen LogP contribution in [0.3, 0.4) is 0 Å². The number of amides is 1. The second kappa shape index (κ2) is 7.81. The Bertz CT molecular complexity index is 885. The Kier molecular flexibility index (Phi) is 5.69. The van der Waals surface area contributed by atoms with Crippen molar-refractivity contribution < 1.29 is 22.0 Å². The van der Waals surface area contributed by atoms with Crippen molar-refractivity contribution in [1.29, 1.82) is 0 Å². The van der Waals surface area contributed by atoms with Gasteiger partial charge in [0.05, 0.1) is 5.69 Å². The highest BCUT2D eigenvalue weighted by Gasteiger charge is 2.35. The van der Waals surface area contributed by atoms with Crippen LogP contribution in [0.1, 0.15) is 25.7 Å². The number of carbonyl (C=O) groups is 1. The lowest BCUT2D eigenvalue weighted by molar-refractivity contribution is -0.117. The molecule has 0 bridgehead atoms. The van der Waals surface area contributed by atoms with Crippen LogP contribution in [-0.4, -0.2) is 31.2 Å². The number of hydrogen-bond acceptors (Lipinski definition) is 4. The van der Waals surface area contributed by atoms with E-state index in [0.717, 1.165) is 36.3 Å². The van der Waals surface area contributed by atoms with Gasteiger partial charge in [-0.1, -0.05) is 12.5 Å². The average molecular weight is 400 g/mol. The molecule has 0 saturated carbocycles. The van der Waals surface area contributed by atoms with Crippen molar-refractivity contribution >= 4 is 33.0 Å². The predicted octanol–water partition coefficient (Wildman–Crippen LogP) is 3.60. The molecule has 1 N–H and O–H groups in total. The number of thiophene rings is 1. The van der Waals surface area contributed by atoms with Gasteiger partial charge in [0.25, 0.3) is 10.0 Å². The van der Waals surface area contributed by atoms with Crippen LogP contribution in [0.2, 0.25) is 0 Å². The SMILES string of the molecule is O=C(C[C@@H]1CCCCN1S(=O)(=O)c1cccs1)Nc1ccc(F)cc1F. The van der Waals surface area contributed by atoms with Crippen LogP contribution < -0.4 is 5.32 Å². The summed E-state index contributed by atoms with van der Waals surface area (Å²) in [5.41, 5.74) is -0.125. The number of piperidine rings is 1. The molecule has 2 heterocycles. The van der Waals surface area contributed by atoms with E-state index in [1.807, 2.05) is 0 Å². The molecule has 1 atom stereocenters. The molecule has 1 fully saturated rings. The van der Waals surface area contributed by atoms with Gasteiger partial charge >= 0.3 is 0 Å². The summed E-state index contributed by atoms with van der Waals surface area (Å²) in [4.78, 5) is 12.3. The standard InChI is InChI=1S/C17H18F2N2O3S2/c18-12-6-7-15(14(19)10-12)20-16(22)11-13-4-1-2-8-21(13)26(23,24)17-5-3-9-25-17/h3,5-7,9-10,13H,1-2,4,8,11H2,(H,20,22)/t13-/m0/s1. The summed E-state index contributed by atoms with van der Waals surface area (Å²) < 4.78 is 53.8. The molecule has 5 nitrogen and oxygen atoms in total. The van der Waals surface area contributed by atoms with Crippen molar-refractivity contribution in [2.75, 3.05) is 11.9 Å². The smallest absolute Gasteiger partial charge is 0.252 e. The first-order valence-corrected chi connectivity index (χ1v) is 10.5. The number of sulfonamides is 1. The summed E-state index contributed by atoms with van der Waals surface area (Å²) in [6.07, 6.45) is 2.03. The largest absolute Gasteiger partial charge is 0.324 e. The number of nitrogens with zero attached hydrogens (tertiary/aromatic N) is 1. The Morgan fingerprint density at radius 1 is 1.27 bits per heavy atom. The molecular weight excluding hydrogens is 382 g/mol. The van der Waals surface area contributed by atoms with Crippen molar-refractivity contribution in [3.05, 3.63) is 47.3 Å². The minimum absolute atomic E-state index is 0.0819. The summed E-state index contributed by atoms with van der Waals surface area (Å²) in [6, 6.07) is 5.60.